The van der Waals surface area contributed by atoms with E-state index in [1.807, 2.05) is 0 Å². The van der Waals surface area contributed by atoms with Gasteiger partial charge in [0.05, 0.1) is 25.4 Å². The van der Waals surface area contributed by atoms with Gasteiger partial charge in [-0.3, -0.25) is 9.59 Å². The molecule has 1 amide bonds. The molecule has 398 valence electrons. The van der Waals surface area contributed by atoms with Gasteiger partial charge < -0.3 is 20.3 Å². The molecule has 6 nitrogen and oxygen atoms in total. The molecule has 0 spiro atoms. The molecule has 67 heavy (non-hydrogen) atoms. The van der Waals surface area contributed by atoms with Gasteiger partial charge in [-0.2, -0.15) is 0 Å². The van der Waals surface area contributed by atoms with Gasteiger partial charge in [-0.05, 0) is 51.4 Å². The molecule has 0 radical (unpaired) electrons. The molecule has 0 bridgehead atoms. The lowest BCUT2D eigenvalue weighted by Gasteiger charge is -2.22. The van der Waals surface area contributed by atoms with Crippen LogP contribution >= 0.6 is 0 Å². The number of amides is 1. The van der Waals surface area contributed by atoms with Crippen LogP contribution in [0.3, 0.4) is 0 Å². The quantitative estimate of drug-likeness (QED) is 0.0321. The van der Waals surface area contributed by atoms with Crippen molar-refractivity contribution in [2.75, 3.05) is 13.2 Å². The number of hydrogen-bond acceptors (Lipinski definition) is 5. The lowest BCUT2D eigenvalue weighted by atomic mass is 10.0. The monoisotopic (exact) mass is 946 g/mol. The third-order valence-electron chi connectivity index (χ3n) is 14.3. The van der Waals surface area contributed by atoms with Crippen LogP contribution in [0.25, 0.3) is 0 Å². The lowest BCUT2D eigenvalue weighted by molar-refractivity contribution is -0.143. The van der Waals surface area contributed by atoms with E-state index in [4.69, 9.17) is 4.74 Å². The smallest absolute Gasteiger partial charge is 0.305 e. The van der Waals surface area contributed by atoms with E-state index >= 15 is 0 Å². The minimum absolute atomic E-state index is 0.0127. The Balaban J connectivity index is 3.40. The first-order valence-corrected chi connectivity index (χ1v) is 30.4. The van der Waals surface area contributed by atoms with Gasteiger partial charge in [0, 0.05) is 12.8 Å². The van der Waals surface area contributed by atoms with Crippen LogP contribution in [0.2, 0.25) is 0 Å². The summed E-state index contributed by atoms with van der Waals surface area (Å²) in [5, 5.41) is 23.3. The lowest BCUT2D eigenvalue weighted by Crippen LogP contribution is -2.45. The summed E-state index contributed by atoms with van der Waals surface area (Å²) in [6.07, 6.45) is 67.9. The molecule has 0 aromatic carbocycles. The molecule has 2 unspecified atom stereocenters. The van der Waals surface area contributed by atoms with Crippen LogP contribution in [0.15, 0.2) is 12.2 Å². The van der Waals surface area contributed by atoms with Gasteiger partial charge in [0.25, 0.3) is 0 Å². The molecular weight excluding hydrogens is 827 g/mol. The molecule has 0 aromatic heterocycles. The number of carbonyl (C=O) groups is 2. The molecule has 0 rings (SSSR count). The van der Waals surface area contributed by atoms with Crippen molar-refractivity contribution in [2.24, 2.45) is 0 Å². The van der Waals surface area contributed by atoms with E-state index < -0.39 is 12.1 Å². The first kappa shape index (κ1) is 65.6. The molecule has 0 aliphatic carbocycles. The average molecular weight is 947 g/mol. The van der Waals surface area contributed by atoms with Crippen molar-refractivity contribution in [3.05, 3.63) is 12.2 Å². The van der Waals surface area contributed by atoms with Gasteiger partial charge >= 0.3 is 5.97 Å². The van der Waals surface area contributed by atoms with Gasteiger partial charge in [-0.25, -0.2) is 0 Å². The Bertz CT molecular complexity index is 1000. The molecule has 0 saturated carbocycles. The number of rotatable bonds is 57. The van der Waals surface area contributed by atoms with Crippen molar-refractivity contribution in [3.63, 3.8) is 0 Å². The molecule has 0 fully saturated rings. The molecule has 0 heterocycles. The Morgan fingerprint density at radius 3 is 1.06 bits per heavy atom. The predicted molar refractivity (Wildman–Crippen MR) is 292 cm³/mol. The summed E-state index contributed by atoms with van der Waals surface area (Å²) in [7, 11) is 0. The number of hydrogen-bond donors (Lipinski definition) is 3. The maximum Gasteiger partial charge on any atom is 0.305 e. The Morgan fingerprint density at radius 2 is 0.701 bits per heavy atom. The SMILES string of the molecule is CCCCCCCCCCCCCCCCCC(O)C(CO)NC(=O)CCCCCCCCC/C=C\CCCCCCCCCCCCCCOC(=O)CCCCCCCCCCCCCC. The van der Waals surface area contributed by atoms with Crippen LogP contribution in [-0.2, 0) is 14.3 Å². The average Bonchev–Trinajstić information content (AvgIpc) is 3.33. The summed E-state index contributed by atoms with van der Waals surface area (Å²) in [5.41, 5.74) is 0. The van der Waals surface area contributed by atoms with Gasteiger partial charge in [0.2, 0.25) is 5.91 Å². The molecule has 0 aliphatic rings. The number of esters is 1. The normalized spacial score (nSPS) is 12.6. The summed E-state index contributed by atoms with van der Waals surface area (Å²) in [4.78, 5) is 24.5. The highest BCUT2D eigenvalue weighted by molar-refractivity contribution is 5.76. The highest BCUT2D eigenvalue weighted by atomic mass is 16.5. The van der Waals surface area contributed by atoms with Crippen molar-refractivity contribution < 1.29 is 24.5 Å². The maximum atomic E-state index is 12.5. The zero-order valence-corrected chi connectivity index (χ0v) is 45.4. The minimum Gasteiger partial charge on any atom is -0.466 e. The number of unbranched alkanes of at least 4 members (excludes halogenated alkanes) is 44. The van der Waals surface area contributed by atoms with E-state index in [2.05, 4.69) is 31.3 Å². The predicted octanol–water partition coefficient (Wildman–Crippen LogP) is 18.9. The fourth-order valence-electron chi connectivity index (χ4n) is 9.64. The van der Waals surface area contributed by atoms with E-state index in [1.54, 1.807) is 0 Å². The molecule has 0 saturated heterocycles. The highest BCUT2D eigenvalue weighted by Gasteiger charge is 2.20. The van der Waals surface area contributed by atoms with Gasteiger partial charge in [0.1, 0.15) is 0 Å². The fraction of sp³-hybridized carbons (Fsp3) is 0.934. The number of aliphatic hydroxyl groups is 2. The second kappa shape index (κ2) is 57.2. The van der Waals surface area contributed by atoms with Crippen LogP contribution in [0.5, 0.6) is 0 Å². The van der Waals surface area contributed by atoms with Gasteiger partial charge in [-0.15, -0.1) is 0 Å². The van der Waals surface area contributed by atoms with Crippen molar-refractivity contribution in [2.45, 2.75) is 353 Å². The van der Waals surface area contributed by atoms with Crippen molar-refractivity contribution in [1.82, 2.24) is 5.32 Å². The van der Waals surface area contributed by atoms with E-state index in [9.17, 15) is 19.8 Å². The summed E-state index contributed by atoms with van der Waals surface area (Å²) in [6, 6.07) is -0.545. The van der Waals surface area contributed by atoms with Crippen LogP contribution < -0.4 is 5.32 Å². The number of allylic oxidation sites excluding steroid dienone is 2. The van der Waals surface area contributed by atoms with Crippen molar-refractivity contribution in [1.29, 1.82) is 0 Å². The molecule has 3 N–H and O–H groups in total. The van der Waals surface area contributed by atoms with E-state index in [0.29, 0.717) is 25.9 Å². The number of carbonyl (C=O) groups excluding carboxylic acids is 2. The zero-order chi connectivity index (χ0) is 48.6. The first-order valence-electron chi connectivity index (χ1n) is 30.4. The Morgan fingerprint density at radius 1 is 0.403 bits per heavy atom. The standard InChI is InChI=1S/C61H119NO5/c1-3-5-7-9-11-13-15-17-27-30-33-37-41-45-49-53-59(64)58(57-63)62-60(65)54-50-46-42-38-34-31-28-25-23-21-19-18-20-22-24-26-29-32-36-40-44-48-52-56-67-61(66)55-51-47-43-39-35-16-14-12-10-8-6-4-2/h21,23,58-59,63-64H,3-20,22,24-57H2,1-2H3,(H,62,65)/b23-21-. The van der Waals surface area contributed by atoms with Gasteiger partial charge in [0.15, 0.2) is 0 Å². The molecule has 0 aromatic rings. The second-order valence-corrected chi connectivity index (χ2v) is 21.0. The summed E-state index contributed by atoms with van der Waals surface area (Å²) >= 11 is 0. The number of nitrogens with one attached hydrogen (secondary N) is 1. The van der Waals surface area contributed by atoms with E-state index in [0.717, 1.165) is 38.5 Å². The number of ether oxygens (including phenoxy) is 1. The van der Waals surface area contributed by atoms with E-state index in [1.165, 1.54) is 270 Å². The summed E-state index contributed by atoms with van der Waals surface area (Å²) < 4.78 is 5.47. The van der Waals surface area contributed by atoms with Crippen molar-refractivity contribution in [3.8, 4) is 0 Å². The highest BCUT2D eigenvalue weighted by Crippen LogP contribution is 2.18. The molecule has 2 atom stereocenters. The molecule has 0 aliphatic heterocycles. The van der Waals surface area contributed by atoms with Crippen LogP contribution in [-0.4, -0.2) is 47.4 Å². The summed E-state index contributed by atoms with van der Waals surface area (Å²) in [5.74, 6) is -0.0263. The van der Waals surface area contributed by atoms with Gasteiger partial charge in [-0.1, -0.05) is 289 Å². The van der Waals surface area contributed by atoms with Crippen LogP contribution in [0, 0.1) is 0 Å². The third-order valence-corrected chi connectivity index (χ3v) is 14.3. The maximum absolute atomic E-state index is 12.5. The van der Waals surface area contributed by atoms with E-state index in [-0.39, 0.29) is 18.5 Å². The van der Waals surface area contributed by atoms with Crippen LogP contribution in [0.4, 0.5) is 0 Å². The molecule has 6 heteroatoms. The Labute approximate surface area is 419 Å². The van der Waals surface area contributed by atoms with Crippen molar-refractivity contribution >= 4 is 11.9 Å². The first-order chi connectivity index (χ1) is 33.0. The largest absolute Gasteiger partial charge is 0.466 e. The molecular formula is C61H119NO5. The zero-order valence-electron chi connectivity index (χ0n) is 45.4. The Hall–Kier alpha value is -1.40. The topological polar surface area (TPSA) is 95.9 Å². The Kier molecular flexibility index (Phi) is 56.0. The number of aliphatic hydroxyl groups excluding tert-OH is 2. The van der Waals surface area contributed by atoms with Crippen LogP contribution in [0.1, 0.15) is 341 Å². The second-order valence-electron chi connectivity index (χ2n) is 21.0. The minimum atomic E-state index is -0.667. The summed E-state index contributed by atoms with van der Waals surface area (Å²) in [6.45, 7) is 4.97. The fourth-order valence-corrected chi connectivity index (χ4v) is 9.64. The third kappa shape index (κ3) is 53.8.